The summed E-state index contributed by atoms with van der Waals surface area (Å²) < 4.78 is 39.9. The van der Waals surface area contributed by atoms with Crippen LogP contribution in [0.25, 0.3) is 0 Å². The summed E-state index contributed by atoms with van der Waals surface area (Å²) in [5.74, 6) is -0.327. The van der Waals surface area contributed by atoms with Crippen molar-refractivity contribution in [3.63, 3.8) is 0 Å². The number of piperidine rings is 1. The van der Waals surface area contributed by atoms with Crippen molar-refractivity contribution >= 4 is 11.7 Å². The van der Waals surface area contributed by atoms with Gasteiger partial charge in [0.25, 0.3) is 5.91 Å². The first-order valence-corrected chi connectivity index (χ1v) is 8.85. The molecule has 1 unspecified atom stereocenters. The van der Waals surface area contributed by atoms with Crippen LogP contribution in [0.2, 0.25) is 0 Å². The van der Waals surface area contributed by atoms with E-state index in [4.69, 9.17) is 5.26 Å². The predicted octanol–water partition coefficient (Wildman–Crippen LogP) is 3.71. The van der Waals surface area contributed by atoms with E-state index in [1.807, 2.05) is 6.07 Å². The molecule has 146 valence electrons. The topological polar surface area (TPSA) is 60.2 Å². The lowest BCUT2D eigenvalue weighted by atomic mass is 10.0. The molecule has 8 heteroatoms. The molecule has 1 aromatic heterocycles. The fraction of sp³-hybridized carbons (Fsp3) is 0.350. The Morgan fingerprint density at radius 2 is 2.00 bits per heavy atom. The van der Waals surface area contributed by atoms with Crippen LogP contribution in [0.15, 0.2) is 42.6 Å². The SMILES string of the molecule is CN(c1ncccc1C(F)(F)F)C1CCCN(C(=O)c2ccc(C#N)cc2)C1. The van der Waals surface area contributed by atoms with Gasteiger partial charge in [-0.3, -0.25) is 4.79 Å². The molecule has 1 amide bonds. The molecule has 3 rings (SSSR count). The Morgan fingerprint density at radius 3 is 2.64 bits per heavy atom. The number of hydrogen-bond acceptors (Lipinski definition) is 4. The molecule has 1 saturated heterocycles. The summed E-state index contributed by atoms with van der Waals surface area (Å²) in [6.07, 6.45) is -1.80. The molecule has 0 bridgehead atoms. The molecule has 5 nitrogen and oxygen atoms in total. The lowest BCUT2D eigenvalue weighted by Crippen LogP contribution is -2.49. The van der Waals surface area contributed by atoms with E-state index in [0.29, 0.717) is 37.1 Å². The molecular weight excluding hydrogens is 369 g/mol. The van der Waals surface area contributed by atoms with Crippen molar-refractivity contribution in [2.24, 2.45) is 0 Å². The third-order valence-corrected chi connectivity index (χ3v) is 4.92. The highest BCUT2D eigenvalue weighted by atomic mass is 19.4. The molecule has 1 fully saturated rings. The number of carbonyl (C=O) groups is 1. The highest BCUT2D eigenvalue weighted by molar-refractivity contribution is 5.94. The van der Waals surface area contributed by atoms with Crippen LogP contribution >= 0.6 is 0 Å². The maximum absolute atomic E-state index is 13.3. The summed E-state index contributed by atoms with van der Waals surface area (Å²) in [5.41, 5.74) is 0.131. The lowest BCUT2D eigenvalue weighted by Gasteiger charge is -2.38. The molecule has 1 aliphatic rings. The summed E-state index contributed by atoms with van der Waals surface area (Å²) in [6, 6.07) is 10.3. The van der Waals surface area contributed by atoms with Crippen molar-refractivity contribution in [2.45, 2.75) is 25.1 Å². The van der Waals surface area contributed by atoms with Crippen molar-refractivity contribution in [1.82, 2.24) is 9.88 Å². The van der Waals surface area contributed by atoms with Gasteiger partial charge < -0.3 is 9.80 Å². The van der Waals surface area contributed by atoms with Crippen LogP contribution < -0.4 is 4.90 Å². The van der Waals surface area contributed by atoms with Crippen LogP contribution in [0.5, 0.6) is 0 Å². The Labute approximate surface area is 161 Å². The number of likely N-dealkylation sites (tertiary alicyclic amines) is 1. The number of carbonyl (C=O) groups excluding carboxylic acids is 1. The molecule has 1 atom stereocenters. The smallest absolute Gasteiger partial charge is 0.354 e. The highest BCUT2D eigenvalue weighted by Gasteiger charge is 2.37. The zero-order chi connectivity index (χ0) is 20.3. The number of alkyl halides is 3. The molecule has 0 spiro atoms. The number of benzene rings is 1. The molecule has 28 heavy (non-hydrogen) atoms. The largest absolute Gasteiger partial charge is 0.419 e. The standard InChI is InChI=1S/C20H19F3N4O/c1-26(18-17(20(21,22)23)5-2-10-25-18)16-4-3-11-27(13-16)19(28)15-8-6-14(12-24)7-9-15/h2,5-10,16H,3-4,11,13H2,1H3. The summed E-state index contributed by atoms with van der Waals surface area (Å²) in [7, 11) is 1.58. The quantitative estimate of drug-likeness (QED) is 0.804. The third-order valence-electron chi connectivity index (χ3n) is 4.92. The monoisotopic (exact) mass is 388 g/mol. The van der Waals surface area contributed by atoms with Gasteiger partial charge in [0.05, 0.1) is 17.2 Å². The van der Waals surface area contributed by atoms with Crippen LogP contribution in [0, 0.1) is 11.3 Å². The molecule has 2 aromatic rings. The second-order valence-electron chi connectivity index (χ2n) is 6.72. The van der Waals surface area contributed by atoms with Crippen molar-refractivity contribution in [3.8, 4) is 6.07 Å². The zero-order valence-corrected chi connectivity index (χ0v) is 15.3. The molecular formula is C20H19F3N4O. The van der Waals surface area contributed by atoms with Crippen LogP contribution in [0.1, 0.15) is 34.3 Å². The van der Waals surface area contributed by atoms with Crippen molar-refractivity contribution < 1.29 is 18.0 Å². The van der Waals surface area contributed by atoms with Crippen LogP contribution in [-0.2, 0) is 6.18 Å². The molecule has 1 aromatic carbocycles. The molecule has 0 saturated carbocycles. The van der Waals surface area contributed by atoms with E-state index in [0.717, 1.165) is 6.07 Å². The van der Waals surface area contributed by atoms with E-state index >= 15 is 0 Å². The van der Waals surface area contributed by atoms with Gasteiger partial charge >= 0.3 is 6.18 Å². The second kappa shape index (κ2) is 7.89. The zero-order valence-electron chi connectivity index (χ0n) is 15.3. The second-order valence-corrected chi connectivity index (χ2v) is 6.72. The molecule has 0 radical (unpaired) electrons. The highest BCUT2D eigenvalue weighted by Crippen LogP contribution is 2.36. The van der Waals surface area contributed by atoms with Gasteiger partial charge in [-0.1, -0.05) is 0 Å². The number of aromatic nitrogens is 1. The maximum atomic E-state index is 13.3. The van der Waals surface area contributed by atoms with Crippen molar-refractivity contribution in [2.75, 3.05) is 25.0 Å². The Balaban J connectivity index is 1.78. The van der Waals surface area contributed by atoms with Gasteiger partial charge in [0.1, 0.15) is 5.82 Å². The maximum Gasteiger partial charge on any atom is 0.419 e. The normalized spacial score (nSPS) is 17.1. The average Bonchev–Trinajstić information content (AvgIpc) is 2.72. The van der Waals surface area contributed by atoms with Gasteiger partial charge in [0, 0.05) is 37.9 Å². The number of nitriles is 1. The first-order valence-electron chi connectivity index (χ1n) is 8.85. The van der Waals surface area contributed by atoms with Crippen molar-refractivity contribution in [1.29, 1.82) is 5.26 Å². The minimum Gasteiger partial charge on any atom is -0.354 e. The number of pyridine rings is 1. The minimum atomic E-state index is -4.50. The fourth-order valence-electron chi connectivity index (χ4n) is 3.40. The van der Waals surface area contributed by atoms with Gasteiger partial charge in [-0.15, -0.1) is 0 Å². The van der Waals surface area contributed by atoms with Crippen LogP contribution in [-0.4, -0.2) is 42.0 Å². The number of halogens is 3. The summed E-state index contributed by atoms with van der Waals surface area (Å²) in [5, 5.41) is 8.86. The van der Waals surface area contributed by atoms with Gasteiger partial charge in [0.2, 0.25) is 0 Å². The fourth-order valence-corrected chi connectivity index (χ4v) is 3.40. The Hall–Kier alpha value is -3.08. The Kier molecular flexibility index (Phi) is 5.54. The van der Waals surface area contributed by atoms with Crippen LogP contribution in [0.3, 0.4) is 0 Å². The average molecular weight is 388 g/mol. The lowest BCUT2D eigenvalue weighted by molar-refractivity contribution is -0.137. The van der Waals surface area contributed by atoms with Crippen molar-refractivity contribution in [3.05, 3.63) is 59.3 Å². The minimum absolute atomic E-state index is 0.132. The number of nitrogens with zero attached hydrogens (tertiary/aromatic N) is 4. The number of anilines is 1. The van der Waals surface area contributed by atoms with Gasteiger partial charge in [-0.2, -0.15) is 18.4 Å². The number of likely N-dealkylation sites (N-methyl/N-ethyl adjacent to an activating group) is 1. The van der Waals surface area contributed by atoms with Gasteiger partial charge in [0.15, 0.2) is 0 Å². The number of hydrogen-bond donors (Lipinski definition) is 0. The van der Waals surface area contributed by atoms with E-state index in [9.17, 15) is 18.0 Å². The first kappa shape index (κ1) is 19.7. The van der Waals surface area contributed by atoms with E-state index < -0.39 is 11.7 Å². The molecule has 0 aliphatic carbocycles. The third kappa shape index (κ3) is 4.09. The van der Waals surface area contributed by atoms with E-state index in [-0.39, 0.29) is 17.8 Å². The molecule has 2 heterocycles. The number of amides is 1. The Bertz CT molecular complexity index is 890. The van der Waals surface area contributed by atoms with Gasteiger partial charge in [-0.05, 0) is 49.2 Å². The number of rotatable bonds is 3. The van der Waals surface area contributed by atoms with Gasteiger partial charge in [-0.25, -0.2) is 4.98 Å². The van der Waals surface area contributed by atoms with E-state index in [1.54, 1.807) is 36.2 Å². The summed E-state index contributed by atoms with van der Waals surface area (Å²) in [4.78, 5) is 19.9. The Morgan fingerprint density at radius 1 is 1.29 bits per heavy atom. The summed E-state index contributed by atoms with van der Waals surface area (Å²) >= 11 is 0. The van der Waals surface area contributed by atoms with Crippen LogP contribution in [0.4, 0.5) is 19.0 Å². The van der Waals surface area contributed by atoms with E-state index in [1.165, 1.54) is 17.2 Å². The predicted molar refractivity (Wildman–Crippen MR) is 97.7 cm³/mol. The summed E-state index contributed by atoms with van der Waals surface area (Å²) in [6.45, 7) is 0.848. The molecule has 0 N–H and O–H groups in total. The first-order chi connectivity index (χ1) is 13.3. The van der Waals surface area contributed by atoms with E-state index in [2.05, 4.69) is 4.98 Å². The molecule has 1 aliphatic heterocycles.